The van der Waals surface area contributed by atoms with Gasteiger partial charge >= 0.3 is 35.5 Å². The van der Waals surface area contributed by atoms with Gasteiger partial charge < -0.3 is 20.7 Å². The molecule has 0 aliphatic rings. The maximum Gasteiger partial charge on any atom is 1.00 e. The monoisotopic (exact) mass is 428 g/mol. The van der Waals surface area contributed by atoms with Gasteiger partial charge in [0.2, 0.25) is 11.0 Å². The third-order valence-electron chi connectivity index (χ3n) is 2.36. The van der Waals surface area contributed by atoms with Gasteiger partial charge in [-0.25, -0.2) is 13.2 Å². The maximum absolute atomic E-state index is 11.6. The molecule has 0 bridgehead atoms. The number of carbonyl (C=O) groups excluding carboxylic acids is 2. The molecule has 0 aromatic heterocycles. The van der Waals surface area contributed by atoms with Gasteiger partial charge in [0.25, 0.3) is 0 Å². The molecule has 2 atom stereocenters. The maximum atomic E-state index is 11.6. The van der Waals surface area contributed by atoms with E-state index in [2.05, 4.69) is 17.9 Å². The molecule has 1 amide bonds. The summed E-state index contributed by atoms with van der Waals surface area (Å²) in [6.07, 6.45) is -0.123. The molecule has 0 unspecified atom stereocenters. The molecule has 0 aromatic rings. The van der Waals surface area contributed by atoms with E-state index < -0.39 is 44.9 Å². The van der Waals surface area contributed by atoms with Crippen LogP contribution in [0.1, 0.15) is 12.8 Å². The van der Waals surface area contributed by atoms with E-state index in [0.717, 1.165) is 10.8 Å². The van der Waals surface area contributed by atoms with Crippen LogP contribution in [0, 0.1) is 0 Å². The van der Waals surface area contributed by atoms with Crippen molar-refractivity contribution in [1.29, 1.82) is 0 Å². The molecule has 0 radical (unpaired) electrons. The van der Waals surface area contributed by atoms with Gasteiger partial charge in [0.15, 0.2) is 0 Å². The molecule has 0 aromatic carbocycles. The molecule has 0 fully saturated rings. The van der Waals surface area contributed by atoms with Crippen molar-refractivity contribution in [3.05, 3.63) is 0 Å². The zero-order chi connectivity index (χ0) is 18.0. The Morgan fingerprint density at radius 3 is 2.38 bits per heavy atom. The smallest absolute Gasteiger partial charge is 0.748 e. The van der Waals surface area contributed by atoms with Gasteiger partial charge in [-0.2, -0.15) is 12.6 Å². The molecule has 9 nitrogen and oxygen atoms in total. The number of aliphatic carboxylic acids is 1. The Hall–Kier alpha value is 0.530. The molecule has 14 heteroatoms. The second-order valence-corrected chi connectivity index (χ2v) is 8.58. The normalized spacial score (nSPS) is 13.5. The minimum Gasteiger partial charge on any atom is -0.748 e. The number of carboxylic acid groups (broad SMARTS) is 1. The van der Waals surface area contributed by atoms with Crippen LogP contribution < -0.4 is 40.6 Å². The molecule has 4 N–H and O–H groups in total. The van der Waals surface area contributed by atoms with Crippen molar-refractivity contribution in [3.8, 4) is 0 Å². The minimum atomic E-state index is -4.32. The van der Waals surface area contributed by atoms with E-state index in [1.807, 2.05) is 0 Å². The number of thiol groups is 1. The first-order chi connectivity index (χ1) is 10.6. The van der Waals surface area contributed by atoms with Crippen LogP contribution in [0.15, 0.2) is 0 Å². The Labute approximate surface area is 175 Å². The summed E-state index contributed by atoms with van der Waals surface area (Å²) >= 11 is 3.79. The molecule has 24 heavy (non-hydrogen) atoms. The number of nitrogens with one attached hydrogen (secondary N) is 1. The predicted octanol–water partition coefficient (Wildman–Crippen LogP) is -3.95. The Morgan fingerprint density at radius 2 is 1.92 bits per heavy atom. The third kappa shape index (κ3) is 13.8. The Bertz CT molecular complexity index is 531. The average molecular weight is 429 g/mol. The summed E-state index contributed by atoms with van der Waals surface area (Å²) in [6, 6.07) is -2.07. The number of carbonyl (C=O) groups is 3. The van der Waals surface area contributed by atoms with Gasteiger partial charge in [-0.05, 0) is 17.2 Å². The van der Waals surface area contributed by atoms with E-state index in [-0.39, 0.29) is 53.9 Å². The summed E-state index contributed by atoms with van der Waals surface area (Å²) in [5, 5.41) is 10.5. The Kier molecular flexibility index (Phi) is 15.3. The van der Waals surface area contributed by atoms with Crippen LogP contribution in [-0.2, 0) is 24.5 Å². The van der Waals surface area contributed by atoms with E-state index in [0.29, 0.717) is 10.8 Å². The molecule has 0 heterocycles. The largest absolute Gasteiger partial charge is 1.00 e. The predicted molar refractivity (Wildman–Crippen MR) is 90.2 cm³/mol. The number of amides is 1. The van der Waals surface area contributed by atoms with E-state index in [1.54, 1.807) is 0 Å². The summed E-state index contributed by atoms with van der Waals surface area (Å²) in [5.74, 6) is -2.48. The van der Waals surface area contributed by atoms with Gasteiger partial charge in [0.1, 0.15) is 6.04 Å². The van der Waals surface area contributed by atoms with E-state index >= 15 is 0 Å². The van der Waals surface area contributed by atoms with Crippen molar-refractivity contribution in [2.24, 2.45) is 5.73 Å². The molecule has 134 valence electrons. The first-order valence-corrected chi connectivity index (χ1v) is 10.7. The van der Waals surface area contributed by atoms with Crippen LogP contribution in [0.4, 0.5) is 0 Å². The van der Waals surface area contributed by atoms with Crippen LogP contribution in [0.5, 0.6) is 0 Å². The standard InChI is InChI=1S/C10H18N2O7S4.Na/c11-6(10(16)22-21-3-4-23(17,18)19)1-2-8(13)12-7(5-20)9(14)15;/h6-7,20H,1-5,11H2,(H,12,13)(H,14,15)(H,17,18,19);/q;+1/p-1/t6-,7-;/m0./s1. The Balaban J connectivity index is 0. The molecular weight excluding hydrogens is 411 g/mol. The fourth-order valence-electron chi connectivity index (χ4n) is 1.15. The van der Waals surface area contributed by atoms with Crippen LogP contribution in [0.25, 0.3) is 0 Å². The summed E-state index contributed by atoms with van der Waals surface area (Å²) in [6.45, 7) is 0. The topological polar surface area (TPSA) is 167 Å². The zero-order valence-corrected chi connectivity index (χ0v) is 18.2. The molecule has 0 spiro atoms. The number of hydrogen-bond acceptors (Lipinski definition) is 10. The molecule has 0 aliphatic carbocycles. The molecule has 0 rings (SSSR count). The summed E-state index contributed by atoms with van der Waals surface area (Å²) < 4.78 is 31.1. The summed E-state index contributed by atoms with van der Waals surface area (Å²) in [5.41, 5.74) is 5.58. The molecule has 0 saturated heterocycles. The van der Waals surface area contributed by atoms with Crippen molar-refractivity contribution >= 4 is 61.3 Å². The SMILES string of the molecule is N[C@@H](CCC(=O)N[C@@H](CS)C(=O)O)C(=O)SSCCS(=O)(=O)[O-].[Na+]. The van der Waals surface area contributed by atoms with Gasteiger partial charge in [0.05, 0.1) is 16.2 Å². The van der Waals surface area contributed by atoms with E-state index in [1.165, 1.54) is 0 Å². The van der Waals surface area contributed by atoms with Gasteiger partial charge in [0, 0.05) is 23.7 Å². The zero-order valence-electron chi connectivity index (χ0n) is 12.8. The first kappa shape index (κ1) is 26.8. The fraction of sp³-hybridized carbons (Fsp3) is 0.700. The van der Waals surface area contributed by atoms with Crippen molar-refractivity contribution in [1.82, 2.24) is 5.32 Å². The number of rotatable bonds is 11. The number of hydrogen-bond donors (Lipinski definition) is 4. The van der Waals surface area contributed by atoms with Crippen molar-refractivity contribution in [2.45, 2.75) is 24.9 Å². The van der Waals surface area contributed by atoms with Crippen LogP contribution in [0.3, 0.4) is 0 Å². The third-order valence-corrected chi connectivity index (χ3v) is 5.99. The molecule has 0 saturated carbocycles. The van der Waals surface area contributed by atoms with Crippen molar-refractivity contribution in [2.75, 3.05) is 17.3 Å². The van der Waals surface area contributed by atoms with Gasteiger partial charge in [-0.3, -0.25) is 9.59 Å². The molecule has 0 aliphatic heterocycles. The summed E-state index contributed by atoms with van der Waals surface area (Å²) in [7, 11) is -2.72. The first-order valence-electron chi connectivity index (χ1n) is 6.22. The molecular formula is C10H17N2NaO7S4. The quantitative estimate of drug-likeness (QED) is 0.0838. The van der Waals surface area contributed by atoms with E-state index in [9.17, 15) is 27.4 Å². The number of carboxylic acids is 1. The minimum absolute atomic E-state index is 0. The van der Waals surface area contributed by atoms with Crippen LogP contribution >= 0.6 is 34.2 Å². The van der Waals surface area contributed by atoms with E-state index in [4.69, 9.17) is 10.8 Å². The van der Waals surface area contributed by atoms with Gasteiger partial charge in [-0.15, -0.1) is 0 Å². The second-order valence-electron chi connectivity index (χ2n) is 4.27. The number of nitrogens with two attached hydrogens (primary N) is 1. The average Bonchev–Trinajstić information content (AvgIpc) is 2.45. The summed E-state index contributed by atoms with van der Waals surface area (Å²) in [4.78, 5) is 33.9. The van der Waals surface area contributed by atoms with Gasteiger partial charge in [-0.1, -0.05) is 10.8 Å². The Morgan fingerprint density at radius 1 is 1.33 bits per heavy atom. The van der Waals surface area contributed by atoms with Crippen LogP contribution in [0.2, 0.25) is 0 Å². The van der Waals surface area contributed by atoms with Crippen LogP contribution in [-0.4, -0.2) is 64.4 Å². The second kappa shape index (κ2) is 13.7. The van der Waals surface area contributed by atoms with Crippen molar-refractivity contribution in [3.63, 3.8) is 0 Å². The fourth-order valence-corrected chi connectivity index (χ4v) is 4.51. The van der Waals surface area contributed by atoms with Crippen molar-refractivity contribution < 1.29 is 62.0 Å².